The van der Waals surface area contributed by atoms with Crippen molar-refractivity contribution in [3.8, 4) is 0 Å². The highest BCUT2D eigenvalue weighted by atomic mass is 14.9. The summed E-state index contributed by atoms with van der Waals surface area (Å²) in [7, 11) is 0. The molecule has 2 aliphatic rings. The predicted octanol–water partition coefficient (Wildman–Crippen LogP) is 4.59. The molecule has 2 fully saturated rings. The van der Waals surface area contributed by atoms with Crippen LogP contribution in [0.4, 0.5) is 0 Å². The van der Waals surface area contributed by atoms with Crippen LogP contribution in [0, 0.1) is 17.8 Å². The second-order valence-corrected chi connectivity index (χ2v) is 7.19. The Bertz CT molecular complexity index is 411. The van der Waals surface area contributed by atoms with E-state index in [1.165, 1.54) is 38.6 Å². The molecule has 0 amide bonds. The summed E-state index contributed by atoms with van der Waals surface area (Å²) in [6.45, 7) is 5.77. The van der Waals surface area contributed by atoms with E-state index >= 15 is 0 Å². The van der Waals surface area contributed by atoms with Gasteiger partial charge in [-0.05, 0) is 55.0 Å². The molecular formula is C19H29N. The smallest absolute Gasteiger partial charge is 0.00104 e. The van der Waals surface area contributed by atoms with E-state index in [1.54, 1.807) is 5.56 Å². The number of benzene rings is 1. The topological polar surface area (TPSA) is 12.0 Å². The van der Waals surface area contributed by atoms with Crippen molar-refractivity contribution in [2.45, 2.75) is 57.9 Å². The van der Waals surface area contributed by atoms with Gasteiger partial charge in [-0.2, -0.15) is 0 Å². The molecule has 1 N–H and O–H groups in total. The summed E-state index contributed by atoms with van der Waals surface area (Å²) in [4.78, 5) is 0. The lowest BCUT2D eigenvalue weighted by Gasteiger charge is -2.33. The summed E-state index contributed by atoms with van der Waals surface area (Å²) in [5, 5.41) is 3.68. The van der Waals surface area contributed by atoms with Crippen molar-refractivity contribution < 1.29 is 0 Å². The summed E-state index contributed by atoms with van der Waals surface area (Å²) in [5.74, 6) is 3.72. The molecule has 4 unspecified atom stereocenters. The second kappa shape index (κ2) is 6.30. The van der Waals surface area contributed by atoms with Crippen LogP contribution in [-0.2, 0) is 0 Å². The van der Waals surface area contributed by atoms with Gasteiger partial charge in [-0.3, -0.25) is 0 Å². The Morgan fingerprint density at radius 3 is 2.55 bits per heavy atom. The highest BCUT2D eigenvalue weighted by Gasteiger charge is 2.46. The van der Waals surface area contributed by atoms with Gasteiger partial charge in [0.15, 0.2) is 0 Å². The Kier molecular flexibility index (Phi) is 4.45. The van der Waals surface area contributed by atoms with Gasteiger partial charge in [0.25, 0.3) is 0 Å². The minimum Gasteiger partial charge on any atom is -0.314 e. The minimum absolute atomic E-state index is 0.627. The molecule has 1 nitrogen and oxygen atoms in total. The van der Waals surface area contributed by atoms with E-state index < -0.39 is 0 Å². The van der Waals surface area contributed by atoms with Gasteiger partial charge >= 0.3 is 0 Å². The molecule has 1 heteroatoms. The third-order valence-electron chi connectivity index (χ3n) is 5.37. The Morgan fingerprint density at radius 1 is 1.05 bits per heavy atom. The second-order valence-electron chi connectivity index (χ2n) is 7.19. The lowest BCUT2D eigenvalue weighted by atomic mass is 9.75. The summed E-state index contributed by atoms with van der Waals surface area (Å²) in [5.41, 5.74) is 1.58. The Balaban J connectivity index is 1.60. The maximum Gasteiger partial charge on any atom is 0.00104 e. The highest BCUT2D eigenvalue weighted by molar-refractivity contribution is 5.26. The first kappa shape index (κ1) is 14.1. The van der Waals surface area contributed by atoms with Gasteiger partial charge in [0.05, 0.1) is 0 Å². The van der Waals surface area contributed by atoms with Gasteiger partial charge in [0.2, 0.25) is 0 Å². The van der Waals surface area contributed by atoms with Crippen molar-refractivity contribution in [3.05, 3.63) is 35.9 Å². The average molecular weight is 271 g/mol. The van der Waals surface area contributed by atoms with Gasteiger partial charge in [-0.1, -0.05) is 57.0 Å². The molecule has 0 aliphatic heterocycles. The van der Waals surface area contributed by atoms with Crippen LogP contribution in [0.3, 0.4) is 0 Å². The highest BCUT2D eigenvalue weighted by Crippen LogP contribution is 2.56. The van der Waals surface area contributed by atoms with E-state index in [4.69, 9.17) is 0 Å². The molecule has 0 spiro atoms. The van der Waals surface area contributed by atoms with Gasteiger partial charge < -0.3 is 5.32 Å². The van der Waals surface area contributed by atoms with Crippen molar-refractivity contribution in [2.75, 3.05) is 6.54 Å². The van der Waals surface area contributed by atoms with Gasteiger partial charge in [-0.15, -0.1) is 0 Å². The van der Waals surface area contributed by atoms with Crippen LogP contribution in [-0.4, -0.2) is 12.6 Å². The zero-order valence-electron chi connectivity index (χ0n) is 13.0. The van der Waals surface area contributed by atoms with Crippen LogP contribution < -0.4 is 5.32 Å². The molecule has 2 aliphatic carbocycles. The van der Waals surface area contributed by atoms with Crippen LogP contribution >= 0.6 is 0 Å². The molecule has 0 saturated heterocycles. The first-order valence-corrected chi connectivity index (χ1v) is 8.54. The number of rotatable bonds is 5. The molecule has 0 aromatic heterocycles. The van der Waals surface area contributed by atoms with Crippen LogP contribution in [0.1, 0.15) is 57.4 Å². The fraction of sp³-hybridized carbons (Fsp3) is 0.684. The van der Waals surface area contributed by atoms with Gasteiger partial charge in [0, 0.05) is 6.04 Å². The molecule has 2 saturated carbocycles. The largest absolute Gasteiger partial charge is 0.314 e. The third-order valence-corrected chi connectivity index (χ3v) is 5.37. The Hall–Kier alpha value is -0.820. The molecular weight excluding hydrogens is 242 g/mol. The first-order chi connectivity index (χ1) is 9.75. The van der Waals surface area contributed by atoms with Crippen molar-refractivity contribution in [3.63, 3.8) is 0 Å². The van der Waals surface area contributed by atoms with Crippen LogP contribution in [0.5, 0.6) is 0 Å². The maximum atomic E-state index is 3.68. The predicted molar refractivity (Wildman–Crippen MR) is 85.9 cm³/mol. The maximum absolute atomic E-state index is 3.68. The molecule has 4 atom stereocenters. The fourth-order valence-electron chi connectivity index (χ4n) is 4.21. The van der Waals surface area contributed by atoms with E-state index in [1.807, 2.05) is 0 Å². The van der Waals surface area contributed by atoms with Crippen molar-refractivity contribution >= 4 is 0 Å². The van der Waals surface area contributed by atoms with Gasteiger partial charge in [0.1, 0.15) is 0 Å². The lowest BCUT2D eigenvalue weighted by molar-refractivity contribution is 0.199. The standard InChI is InChI=1S/C19H29N/c1-14(2)20-13-16-10-6-7-11-17(16)19-12-18(19)15-8-4-3-5-9-15/h3-5,8-9,14,16-20H,6-7,10-13H2,1-2H3. The van der Waals surface area contributed by atoms with E-state index in [0.29, 0.717) is 6.04 Å². The summed E-state index contributed by atoms with van der Waals surface area (Å²) < 4.78 is 0. The van der Waals surface area contributed by atoms with E-state index in [0.717, 1.165) is 23.7 Å². The molecule has 0 bridgehead atoms. The lowest BCUT2D eigenvalue weighted by Crippen LogP contribution is -2.35. The van der Waals surface area contributed by atoms with Gasteiger partial charge in [-0.25, -0.2) is 0 Å². The summed E-state index contributed by atoms with van der Waals surface area (Å²) in [6.07, 6.45) is 7.26. The average Bonchev–Trinajstić information content (AvgIpc) is 3.27. The minimum atomic E-state index is 0.627. The molecule has 1 aromatic rings. The van der Waals surface area contributed by atoms with E-state index in [2.05, 4.69) is 49.5 Å². The Labute approximate surface area is 124 Å². The molecule has 1 aromatic carbocycles. The van der Waals surface area contributed by atoms with Crippen molar-refractivity contribution in [2.24, 2.45) is 17.8 Å². The van der Waals surface area contributed by atoms with Crippen LogP contribution in [0.15, 0.2) is 30.3 Å². The first-order valence-electron chi connectivity index (χ1n) is 8.54. The summed E-state index contributed by atoms with van der Waals surface area (Å²) >= 11 is 0. The van der Waals surface area contributed by atoms with Crippen molar-refractivity contribution in [1.82, 2.24) is 5.32 Å². The molecule has 110 valence electrons. The molecule has 0 radical (unpaired) electrons. The number of hydrogen-bond acceptors (Lipinski definition) is 1. The molecule has 3 rings (SSSR count). The number of hydrogen-bond donors (Lipinski definition) is 1. The molecule has 20 heavy (non-hydrogen) atoms. The van der Waals surface area contributed by atoms with E-state index in [-0.39, 0.29) is 0 Å². The zero-order valence-corrected chi connectivity index (χ0v) is 13.0. The zero-order chi connectivity index (χ0) is 13.9. The third kappa shape index (κ3) is 3.25. The SMILES string of the molecule is CC(C)NCC1CCCCC1C1CC1c1ccccc1. The number of nitrogens with one attached hydrogen (secondary N) is 1. The van der Waals surface area contributed by atoms with Crippen molar-refractivity contribution in [1.29, 1.82) is 0 Å². The van der Waals surface area contributed by atoms with Crippen LogP contribution in [0.2, 0.25) is 0 Å². The normalized spacial score (nSPS) is 33.4. The fourth-order valence-corrected chi connectivity index (χ4v) is 4.21. The quantitative estimate of drug-likeness (QED) is 0.825. The Morgan fingerprint density at radius 2 is 1.80 bits per heavy atom. The molecule has 0 heterocycles. The monoisotopic (exact) mass is 271 g/mol. The summed E-state index contributed by atoms with van der Waals surface area (Å²) in [6, 6.07) is 11.8. The van der Waals surface area contributed by atoms with E-state index in [9.17, 15) is 0 Å². The van der Waals surface area contributed by atoms with Crippen LogP contribution in [0.25, 0.3) is 0 Å².